The van der Waals surface area contributed by atoms with E-state index in [9.17, 15) is 19.5 Å². The van der Waals surface area contributed by atoms with Crippen LogP contribution < -0.4 is 5.32 Å². The fourth-order valence-electron chi connectivity index (χ4n) is 9.07. The van der Waals surface area contributed by atoms with Crippen molar-refractivity contribution in [1.29, 1.82) is 0 Å². The molecule has 12 heteroatoms. The molecule has 4 aliphatic heterocycles. The van der Waals surface area contributed by atoms with Gasteiger partial charge in [-0.2, -0.15) is 0 Å². The number of Topliss-reactive ketones (excluding diaryl/α,β-unsaturated/α-hetero) is 1. The number of likely N-dealkylation sites (N-methyl/N-ethyl adjacent to an activating group) is 1. The van der Waals surface area contributed by atoms with Gasteiger partial charge in [0, 0.05) is 37.6 Å². The fraction of sp³-hybridized carbons (Fsp3) is 0.923. The highest BCUT2D eigenvalue weighted by Crippen LogP contribution is 2.42. The minimum absolute atomic E-state index is 0.0558. The highest BCUT2D eigenvalue weighted by atomic mass is 16.7. The summed E-state index contributed by atoms with van der Waals surface area (Å²) in [5, 5.41) is 15.4. The van der Waals surface area contributed by atoms with Gasteiger partial charge in [-0.25, -0.2) is 0 Å². The number of ketones is 1. The molecule has 294 valence electrons. The van der Waals surface area contributed by atoms with Crippen LogP contribution in [0.25, 0.3) is 0 Å². The second kappa shape index (κ2) is 16.8. The molecule has 0 aromatic carbocycles. The number of aliphatic hydroxyl groups is 1. The summed E-state index contributed by atoms with van der Waals surface area (Å²) in [7, 11) is 5.52. The van der Waals surface area contributed by atoms with Crippen molar-refractivity contribution < 1.29 is 43.2 Å². The van der Waals surface area contributed by atoms with Gasteiger partial charge in [-0.1, -0.05) is 34.6 Å². The summed E-state index contributed by atoms with van der Waals surface area (Å²) in [6, 6.07) is -0.353. The van der Waals surface area contributed by atoms with Crippen LogP contribution in [-0.2, 0) is 38.1 Å². The second-order valence-corrected chi connectivity index (χ2v) is 17.6. The highest BCUT2D eigenvalue weighted by Gasteiger charge is 2.55. The van der Waals surface area contributed by atoms with Gasteiger partial charge in [0.1, 0.15) is 18.1 Å². The van der Waals surface area contributed by atoms with E-state index in [1.54, 1.807) is 21.0 Å². The Hall–Kier alpha value is -1.67. The number of fused-ring (bicyclic) bond motifs is 1. The number of carbonyl (C=O) groups excluding carboxylic acids is 3. The SMILES string of the molecule is CC[C@H]1OC(=O)C(C)C(=O)[C@H](C)[C@@H](OC2OC(CN3CCC(C)(C)CC3)CC(N(C)C)C2O)[C@](C)(OC)C[C@@H](C)CN[C@H](C)[C@H]2CC(=O)O[C@@]21C. The Morgan fingerprint density at radius 2 is 1.69 bits per heavy atom. The lowest BCUT2D eigenvalue weighted by Crippen LogP contribution is -2.60. The molecule has 0 spiro atoms. The first kappa shape index (κ1) is 42.1. The molecule has 0 amide bonds. The summed E-state index contributed by atoms with van der Waals surface area (Å²) in [5.41, 5.74) is -1.72. The van der Waals surface area contributed by atoms with Gasteiger partial charge < -0.3 is 43.9 Å². The molecule has 0 radical (unpaired) electrons. The summed E-state index contributed by atoms with van der Waals surface area (Å²) in [6.07, 6.45) is 0.215. The number of nitrogens with zero attached hydrogens (tertiary/aromatic N) is 2. The van der Waals surface area contributed by atoms with E-state index in [4.69, 9.17) is 23.7 Å². The molecule has 12 nitrogen and oxygen atoms in total. The van der Waals surface area contributed by atoms with Gasteiger partial charge in [0.05, 0.1) is 24.2 Å². The Bertz CT molecular complexity index is 1210. The fourth-order valence-corrected chi connectivity index (χ4v) is 9.07. The van der Waals surface area contributed by atoms with Crippen molar-refractivity contribution in [3.05, 3.63) is 0 Å². The lowest BCUT2D eigenvalue weighted by Gasteiger charge is -2.48. The van der Waals surface area contributed by atoms with Crippen LogP contribution in [-0.4, -0.2) is 134 Å². The normalized spacial score (nSPS) is 43.6. The van der Waals surface area contributed by atoms with Crippen molar-refractivity contribution in [1.82, 2.24) is 15.1 Å². The van der Waals surface area contributed by atoms with E-state index < -0.39 is 53.6 Å². The molecule has 0 aliphatic carbocycles. The minimum Gasteiger partial charge on any atom is -0.458 e. The molecular weight excluding hydrogens is 654 g/mol. The van der Waals surface area contributed by atoms with E-state index in [0.717, 1.165) is 32.5 Å². The maximum Gasteiger partial charge on any atom is 0.316 e. The van der Waals surface area contributed by atoms with Crippen LogP contribution in [0, 0.1) is 29.1 Å². The van der Waals surface area contributed by atoms with Crippen LogP contribution in [0.3, 0.4) is 0 Å². The summed E-state index contributed by atoms with van der Waals surface area (Å²) in [4.78, 5) is 45.2. The predicted octanol–water partition coefficient (Wildman–Crippen LogP) is 3.81. The van der Waals surface area contributed by atoms with E-state index in [2.05, 4.69) is 31.0 Å². The van der Waals surface area contributed by atoms with Gasteiger partial charge in [-0.3, -0.25) is 14.4 Å². The second-order valence-electron chi connectivity index (χ2n) is 17.6. The summed E-state index contributed by atoms with van der Waals surface area (Å²) in [6.45, 7) is 21.1. The van der Waals surface area contributed by atoms with Gasteiger partial charge in [0.15, 0.2) is 17.7 Å². The zero-order valence-electron chi connectivity index (χ0n) is 33.5. The van der Waals surface area contributed by atoms with Crippen molar-refractivity contribution in [2.45, 2.75) is 155 Å². The number of rotatable bonds is 7. The third-order valence-corrected chi connectivity index (χ3v) is 12.7. The largest absolute Gasteiger partial charge is 0.458 e. The summed E-state index contributed by atoms with van der Waals surface area (Å²) >= 11 is 0. The van der Waals surface area contributed by atoms with E-state index in [0.29, 0.717) is 31.2 Å². The van der Waals surface area contributed by atoms with Crippen molar-refractivity contribution in [2.24, 2.45) is 29.1 Å². The van der Waals surface area contributed by atoms with Crippen LogP contribution in [0.4, 0.5) is 0 Å². The number of carbonyl (C=O) groups is 3. The quantitative estimate of drug-likeness (QED) is 0.292. The molecule has 0 saturated carbocycles. The average molecular weight is 724 g/mol. The third-order valence-electron chi connectivity index (χ3n) is 12.7. The highest BCUT2D eigenvalue weighted by molar-refractivity contribution is 6.00. The first-order valence-electron chi connectivity index (χ1n) is 19.4. The van der Waals surface area contributed by atoms with E-state index in [1.165, 1.54) is 0 Å². The number of likely N-dealkylation sites (tertiary alicyclic amines) is 1. The number of piperidine rings is 1. The first-order chi connectivity index (χ1) is 23.7. The van der Waals surface area contributed by atoms with E-state index >= 15 is 0 Å². The maximum absolute atomic E-state index is 14.3. The Labute approximate surface area is 306 Å². The van der Waals surface area contributed by atoms with Gasteiger partial charge in [-0.15, -0.1) is 0 Å². The maximum atomic E-state index is 14.3. The Balaban J connectivity index is 1.66. The van der Waals surface area contributed by atoms with E-state index in [1.807, 2.05) is 46.7 Å². The average Bonchev–Trinajstić information content (AvgIpc) is 3.39. The number of ether oxygens (including phenoxy) is 5. The number of nitrogens with one attached hydrogen (secondary N) is 1. The third kappa shape index (κ3) is 9.53. The number of hydrogen-bond acceptors (Lipinski definition) is 12. The van der Waals surface area contributed by atoms with Gasteiger partial charge >= 0.3 is 11.9 Å². The number of hydrogen-bond donors (Lipinski definition) is 2. The van der Waals surface area contributed by atoms with Crippen LogP contribution in [0.1, 0.15) is 101 Å². The molecule has 51 heavy (non-hydrogen) atoms. The standard InChI is InChI=1S/C39H69N3O9/c1-13-30-39(9)28(19-31(43)51-39)26(5)40-21-23(2)20-38(8,47-12)34(24(3)32(44)25(4)35(46)49-30)50-36-33(45)29(41(10)11)18-27(48-36)22-42-16-14-37(6,7)15-17-42/h23-30,33-34,36,40,45H,13-22H2,1-12H3/t23-,24+,25?,26-,27?,28-,29?,30-,33?,34-,36?,38-,39+/m1/s1. The Kier molecular flexibility index (Phi) is 13.8. The van der Waals surface area contributed by atoms with Crippen LogP contribution >= 0.6 is 0 Å². The molecule has 4 saturated heterocycles. The molecule has 0 aromatic heterocycles. The van der Waals surface area contributed by atoms with Gasteiger partial charge in [0.25, 0.3) is 0 Å². The number of esters is 2. The van der Waals surface area contributed by atoms with Gasteiger partial charge in [-0.05, 0) is 105 Å². The molecule has 4 aliphatic rings. The van der Waals surface area contributed by atoms with Gasteiger partial charge in [0.2, 0.25) is 0 Å². The van der Waals surface area contributed by atoms with Crippen molar-refractivity contribution >= 4 is 17.7 Å². The minimum atomic E-state index is -1.12. The number of aliphatic hydroxyl groups excluding tert-OH is 1. The zero-order valence-corrected chi connectivity index (χ0v) is 33.5. The van der Waals surface area contributed by atoms with Crippen LogP contribution in [0.5, 0.6) is 0 Å². The molecule has 0 aromatic rings. The number of cyclic esters (lactones) is 1. The molecule has 4 rings (SSSR count). The topological polar surface area (TPSA) is 136 Å². The molecule has 4 heterocycles. The number of methoxy groups -OCH3 is 1. The van der Waals surface area contributed by atoms with Crippen LogP contribution in [0.2, 0.25) is 0 Å². The van der Waals surface area contributed by atoms with Crippen molar-refractivity contribution in [3.63, 3.8) is 0 Å². The van der Waals surface area contributed by atoms with Crippen LogP contribution in [0.15, 0.2) is 0 Å². The molecular formula is C39H69N3O9. The molecule has 0 bridgehead atoms. The molecule has 2 N–H and O–H groups in total. The smallest absolute Gasteiger partial charge is 0.316 e. The Morgan fingerprint density at radius 1 is 1.04 bits per heavy atom. The van der Waals surface area contributed by atoms with Crippen molar-refractivity contribution in [3.8, 4) is 0 Å². The zero-order chi connectivity index (χ0) is 38.1. The first-order valence-corrected chi connectivity index (χ1v) is 19.4. The summed E-state index contributed by atoms with van der Waals surface area (Å²) in [5.74, 6) is -3.49. The Morgan fingerprint density at radius 3 is 2.27 bits per heavy atom. The predicted molar refractivity (Wildman–Crippen MR) is 194 cm³/mol. The molecule has 4 fully saturated rings. The van der Waals surface area contributed by atoms with E-state index in [-0.39, 0.29) is 48.2 Å². The summed E-state index contributed by atoms with van der Waals surface area (Å²) < 4.78 is 31.7. The molecule has 5 unspecified atom stereocenters. The lowest BCUT2D eigenvalue weighted by molar-refractivity contribution is -0.299. The lowest BCUT2D eigenvalue weighted by atomic mass is 9.78. The molecule has 13 atom stereocenters. The van der Waals surface area contributed by atoms with Crippen molar-refractivity contribution in [2.75, 3.05) is 47.4 Å². The monoisotopic (exact) mass is 724 g/mol.